The minimum absolute atomic E-state index is 0.273. The van der Waals surface area contributed by atoms with Crippen molar-refractivity contribution in [1.82, 2.24) is 10.0 Å². The van der Waals surface area contributed by atoms with Crippen LogP contribution < -0.4 is 19.5 Å². The Labute approximate surface area is 202 Å². The van der Waals surface area contributed by atoms with Gasteiger partial charge in [-0.05, 0) is 54.7 Å². The SMILES string of the molecule is CCC.COc1cc(CCNC(=O)CNS(C)(=O)=O)ccc1OCCCc1ccc(Cl)cc1. The van der Waals surface area contributed by atoms with Crippen LogP contribution in [0.1, 0.15) is 37.8 Å². The molecule has 0 saturated heterocycles. The first-order valence-electron chi connectivity index (χ1n) is 10.9. The average Bonchev–Trinajstić information content (AvgIpc) is 2.77. The van der Waals surface area contributed by atoms with Gasteiger partial charge in [0.05, 0.1) is 26.5 Å². The van der Waals surface area contributed by atoms with Crippen LogP contribution in [-0.4, -0.2) is 47.4 Å². The molecule has 33 heavy (non-hydrogen) atoms. The van der Waals surface area contributed by atoms with E-state index in [1.54, 1.807) is 7.11 Å². The summed E-state index contributed by atoms with van der Waals surface area (Å²) in [5, 5.41) is 3.40. The van der Waals surface area contributed by atoms with Gasteiger partial charge in [-0.1, -0.05) is 50.1 Å². The third kappa shape index (κ3) is 13.1. The van der Waals surface area contributed by atoms with Crippen LogP contribution in [0, 0.1) is 0 Å². The van der Waals surface area contributed by atoms with Crippen molar-refractivity contribution in [2.45, 2.75) is 39.5 Å². The quantitative estimate of drug-likeness (QED) is 0.432. The van der Waals surface area contributed by atoms with Crippen molar-refractivity contribution in [3.05, 3.63) is 58.6 Å². The van der Waals surface area contributed by atoms with Gasteiger partial charge >= 0.3 is 0 Å². The largest absolute Gasteiger partial charge is 0.493 e. The Bertz CT molecular complexity index is 950. The third-order valence-electron chi connectivity index (χ3n) is 4.24. The summed E-state index contributed by atoms with van der Waals surface area (Å²) in [4.78, 5) is 11.6. The number of nitrogens with one attached hydrogen (secondary N) is 2. The maximum atomic E-state index is 11.6. The summed E-state index contributed by atoms with van der Waals surface area (Å²) >= 11 is 5.89. The molecular weight excluding hydrogens is 464 g/mol. The number of sulfonamides is 1. The Morgan fingerprint density at radius 3 is 2.24 bits per heavy atom. The van der Waals surface area contributed by atoms with Gasteiger partial charge in [0.25, 0.3) is 0 Å². The molecular formula is C24H35ClN2O5S. The molecule has 0 aliphatic heterocycles. The van der Waals surface area contributed by atoms with Crippen LogP contribution in [0.25, 0.3) is 0 Å². The minimum Gasteiger partial charge on any atom is -0.493 e. The Balaban J connectivity index is 0.00000172. The van der Waals surface area contributed by atoms with Crippen molar-refractivity contribution in [3.63, 3.8) is 0 Å². The van der Waals surface area contributed by atoms with Gasteiger partial charge in [0, 0.05) is 11.6 Å². The molecule has 0 atom stereocenters. The fourth-order valence-corrected chi connectivity index (χ4v) is 3.22. The molecule has 0 bridgehead atoms. The minimum atomic E-state index is -3.38. The Kier molecular flexibility index (Phi) is 13.5. The standard InChI is InChI=1S/C21H27ClN2O5S.C3H8/c1-28-20-14-17(11-12-23-21(25)15-24-30(2,26)27)7-10-19(20)29-13-3-4-16-5-8-18(22)9-6-16;1-3-2/h5-10,14,24H,3-4,11-13,15H2,1-2H3,(H,23,25);3H2,1-2H3. The molecule has 0 saturated carbocycles. The molecule has 0 fully saturated rings. The second-order valence-corrected chi connectivity index (χ2v) is 9.73. The number of carbonyl (C=O) groups is 1. The predicted octanol–water partition coefficient (Wildman–Crippen LogP) is 3.98. The number of amides is 1. The Morgan fingerprint density at radius 1 is 1.00 bits per heavy atom. The van der Waals surface area contributed by atoms with E-state index in [4.69, 9.17) is 21.1 Å². The number of benzene rings is 2. The van der Waals surface area contributed by atoms with Crippen LogP contribution in [0.4, 0.5) is 0 Å². The molecule has 0 radical (unpaired) electrons. The van der Waals surface area contributed by atoms with Gasteiger partial charge in [0.2, 0.25) is 15.9 Å². The van der Waals surface area contributed by atoms with Crippen molar-refractivity contribution in [1.29, 1.82) is 0 Å². The van der Waals surface area contributed by atoms with E-state index >= 15 is 0 Å². The number of methoxy groups -OCH3 is 1. The summed E-state index contributed by atoms with van der Waals surface area (Å²) < 4.78 is 35.4. The normalized spacial score (nSPS) is 10.7. The van der Waals surface area contributed by atoms with E-state index in [9.17, 15) is 13.2 Å². The second kappa shape index (κ2) is 15.5. The lowest BCUT2D eigenvalue weighted by Crippen LogP contribution is -2.37. The summed E-state index contributed by atoms with van der Waals surface area (Å²) in [5.74, 6) is 0.913. The molecule has 2 N–H and O–H groups in total. The van der Waals surface area contributed by atoms with E-state index in [1.807, 2.05) is 42.5 Å². The first-order chi connectivity index (χ1) is 15.7. The summed E-state index contributed by atoms with van der Waals surface area (Å²) in [5.41, 5.74) is 2.18. The van der Waals surface area contributed by atoms with E-state index in [0.29, 0.717) is 31.1 Å². The summed E-state index contributed by atoms with van der Waals surface area (Å²) in [6.45, 7) is 4.92. The number of halogens is 1. The summed E-state index contributed by atoms with van der Waals surface area (Å²) in [6.07, 6.45) is 4.59. The molecule has 0 heterocycles. The molecule has 0 spiro atoms. The van der Waals surface area contributed by atoms with Gasteiger partial charge in [-0.2, -0.15) is 0 Å². The molecule has 2 aromatic rings. The van der Waals surface area contributed by atoms with E-state index in [0.717, 1.165) is 29.7 Å². The predicted molar refractivity (Wildman–Crippen MR) is 134 cm³/mol. The first kappa shape index (κ1) is 28.7. The molecule has 1 amide bonds. The molecule has 2 aromatic carbocycles. The first-order valence-corrected chi connectivity index (χ1v) is 13.2. The zero-order valence-electron chi connectivity index (χ0n) is 19.8. The van der Waals surface area contributed by atoms with Gasteiger partial charge < -0.3 is 14.8 Å². The highest BCUT2D eigenvalue weighted by Crippen LogP contribution is 2.28. The van der Waals surface area contributed by atoms with Crippen LogP contribution in [-0.2, 0) is 27.7 Å². The Hall–Kier alpha value is -2.29. The molecule has 184 valence electrons. The number of rotatable bonds is 12. The van der Waals surface area contributed by atoms with Gasteiger partial charge in [-0.15, -0.1) is 0 Å². The van der Waals surface area contributed by atoms with Crippen LogP contribution in [0.5, 0.6) is 11.5 Å². The maximum absolute atomic E-state index is 11.6. The van der Waals surface area contributed by atoms with Crippen LogP contribution in [0.2, 0.25) is 5.02 Å². The number of ether oxygens (including phenoxy) is 2. The van der Waals surface area contributed by atoms with Crippen molar-refractivity contribution < 1.29 is 22.7 Å². The van der Waals surface area contributed by atoms with E-state index in [2.05, 4.69) is 23.9 Å². The second-order valence-electron chi connectivity index (χ2n) is 7.46. The van der Waals surface area contributed by atoms with E-state index < -0.39 is 10.0 Å². The third-order valence-corrected chi connectivity index (χ3v) is 5.16. The lowest BCUT2D eigenvalue weighted by atomic mass is 10.1. The average molecular weight is 499 g/mol. The fraction of sp³-hybridized carbons (Fsp3) is 0.458. The zero-order valence-corrected chi connectivity index (χ0v) is 21.4. The number of hydrogen-bond acceptors (Lipinski definition) is 5. The Morgan fingerprint density at radius 2 is 1.64 bits per heavy atom. The molecule has 9 heteroatoms. The van der Waals surface area contributed by atoms with Crippen LogP contribution >= 0.6 is 11.6 Å². The van der Waals surface area contributed by atoms with Crippen LogP contribution in [0.15, 0.2) is 42.5 Å². The highest BCUT2D eigenvalue weighted by Gasteiger charge is 2.08. The molecule has 0 unspecified atom stereocenters. The van der Waals surface area contributed by atoms with Crippen molar-refractivity contribution >= 4 is 27.5 Å². The number of hydrogen-bond donors (Lipinski definition) is 2. The van der Waals surface area contributed by atoms with Crippen LogP contribution in [0.3, 0.4) is 0 Å². The lowest BCUT2D eigenvalue weighted by Gasteiger charge is -2.13. The van der Waals surface area contributed by atoms with Crippen molar-refractivity contribution in [2.75, 3.05) is 33.1 Å². The van der Waals surface area contributed by atoms with Gasteiger partial charge in [0.1, 0.15) is 0 Å². The number of aryl methyl sites for hydroxylation is 1. The highest BCUT2D eigenvalue weighted by atomic mass is 35.5. The summed E-state index contributed by atoms with van der Waals surface area (Å²) in [6, 6.07) is 13.4. The van der Waals surface area contributed by atoms with E-state index in [1.165, 1.54) is 12.0 Å². The molecule has 0 aromatic heterocycles. The smallest absolute Gasteiger partial charge is 0.235 e. The van der Waals surface area contributed by atoms with Gasteiger partial charge in [0.15, 0.2) is 11.5 Å². The molecule has 0 aliphatic carbocycles. The monoisotopic (exact) mass is 498 g/mol. The summed E-state index contributed by atoms with van der Waals surface area (Å²) in [7, 11) is -1.80. The zero-order chi connectivity index (χ0) is 24.7. The molecule has 2 rings (SSSR count). The number of carbonyl (C=O) groups excluding carboxylic acids is 1. The highest BCUT2D eigenvalue weighted by molar-refractivity contribution is 7.88. The fourth-order valence-electron chi connectivity index (χ4n) is 2.70. The maximum Gasteiger partial charge on any atom is 0.235 e. The molecule has 0 aliphatic rings. The molecule has 7 nitrogen and oxygen atoms in total. The van der Waals surface area contributed by atoms with E-state index in [-0.39, 0.29) is 12.5 Å². The van der Waals surface area contributed by atoms with Crippen molar-refractivity contribution in [2.24, 2.45) is 0 Å². The van der Waals surface area contributed by atoms with Gasteiger partial charge in [-0.3, -0.25) is 4.79 Å². The lowest BCUT2D eigenvalue weighted by molar-refractivity contribution is -0.119. The van der Waals surface area contributed by atoms with Crippen molar-refractivity contribution in [3.8, 4) is 11.5 Å². The topological polar surface area (TPSA) is 93.7 Å². The van der Waals surface area contributed by atoms with Gasteiger partial charge in [-0.25, -0.2) is 13.1 Å².